The van der Waals surface area contributed by atoms with Gasteiger partial charge < -0.3 is 9.80 Å². The summed E-state index contributed by atoms with van der Waals surface area (Å²) in [5, 5.41) is -0.885. The number of carbonyl (C=O) groups excluding carboxylic acids is 2. The molecule has 0 aromatic heterocycles. The summed E-state index contributed by atoms with van der Waals surface area (Å²) in [5.74, 6) is -0.269. The monoisotopic (exact) mass is 721 g/mol. The van der Waals surface area contributed by atoms with Gasteiger partial charge >= 0.3 is 6.18 Å². The van der Waals surface area contributed by atoms with Crippen molar-refractivity contribution in [1.82, 2.24) is 0 Å². The Bertz CT molecular complexity index is 1980. The van der Waals surface area contributed by atoms with Crippen LogP contribution in [-0.2, 0) is 48.7 Å². The molecular weight excluding hydrogens is 691 g/mol. The second-order valence-corrected chi connectivity index (χ2v) is 17.2. The van der Waals surface area contributed by atoms with Crippen LogP contribution in [0.15, 0.2) is 64.4 Å². The first-order chi connectivity index (χ1) is 22.5. The molecular formula is C33H31ClF3N3O6S2. The first-order valence-electron chi connectivity index (χ1n) is 15.6. The number of halogens is 4. The van der Waals surface area contributed by atoms with Gasteiger partial charge in [0.05, 0.1) is 26.1 Å². The van der Waals surface area contributed by atoms with Crippen LogP contribution in [0.25, 0.3) is 0 Å². The lowest BCUT2D eigenvalue weighted by atomic mass is 10.1. The molecule has 0 spiro atoms. The fraction of sp³-hybridized carbons (Fsp3) is 0.394. The molecule has 7 rings (SSSR count). The number of anilines is 3. The van der Waals surface area contributed by atoms with E-state index in [-0.39, 0.29) is 39.4 Å². The molecule has 2 amide bonds. The lowest BCUT2D eigenvalue weighted by Gasteiger charge is -2.26. The van der Waals surface area contributed by atoms with Gasteiger partial charge in [0.15, 0.2) is 0 Å². The summed E-state index contributed by atoms with van der Waals surface area (Å²) in [6.07, 6.45) is -1.10. The van der Waals surface area contributed by atoms with Gasteiger partial charge in [0.25, 0.3) is 20.0 Å². The van der Waals surface area contributed by atoms with Crippen molar-refractivity contribution in [3.8, 4) is 0 Å². The van der Waals surface area contributed by atoms with Gasteiger partial charge in [-0.2, -0.15) is 16.9 Å². The number of hydrogen-bond acceptors (Lipinski definition) is 6. The van der Waals surface area contributed by atoms with E-state index >= 15 is 0 Å². The maximum atomic E-state index is 14.4. The van der Waals surface area contributed by atoms with Gasteiger partial charge in [-0.05, 0) is 118 Å². The molecule has 3 aromatic carbocycles. The van der Waals surface area contributed by atoms with Crippen molar-refractivity contribution in [1.29, 1.82) is 0 Å². The Morgan fingerprint density at radius 3 is 1.54 bits per heavy atom. The van der Waals surface area contributed by atoms with Crippen molar-refractivity contribution >= 4 is 60.5 Å². The Kier molecular flexibility index (Phi) is 7.68. The third-order valence-corrected chi connectivity index (χ3v) is 13.8. The molecule has 2 atom stereocenters. The highest BCUT2D eigenvalue weighted by Crippen LogP contribution is 2.44. The van der Waals surface area contributed by atoms with Crippen molar-refractivity contribution in [2.45, 2.75) is 80.4 Å². The molecule has 0 N–H and O–H groups in total. The summed E-state index contributed by atoms with van der Waals surface area (Å²) < 4.78 is 98.5. The van der Waals surface area contributed by atoms with Crippen LogP contribution in [0.4, 0.5) is 30.2 Å². The van der Waals surface area contributed by atoms with E-state index in [4.69, 9.17) is 11.6 Å². The Balaban J connectivity index is 1.33. The number of rotatable bonds is 7. The lowest BCUT2D eigenvalue weighted by Crippen LogP contribution is -2.37. The number of carbonyl (C=O) groups is 2. The minimum atomic E-state index is -5.02. The third kappa shape index (κ3) is 5.45. The van der Waals surface area contributed by atoms with Crippen LogP contribution in [0.2, 0.25) is 5.02 Å². The molecule has 2 fully saturated rings. The van der Waals surface area contributed by atoms with Gasteiger partial charge in [-0.15, -0.1) is 0 Å². The Hall–Kier alpha value is -3.62. The van der Waals surface area contributed by atoms with Crippen LogP contribution in [0.1, 0.15) is 56.2 Å². The first-order valence-corrected chi connectivity index (χ1v) is 18.8. The highest BCUT2D eigenvalue weighted by atomic mass is 35.5. The Labute approximate surface area is 281 Å². The van der Waals surface area contributed by atoms with E-state index in [1.165, 1.54) is 36.4 Å². The van der Waals surface area contributed by atoms with Crippen LogP contribution in [-0.4, -0.2) is 40.7 Å². The van der Waals surface area contributed by atoms with E-state index in [0.717, 1.165) is 31.7 Å². The fourth-order valence-electron chi connectivity index (χ4n) is 6.71. The minimum Gasteiger partial charge on any atom is -0.309 e. The van der Waals surface area contributed by atoms with Crippen LogP contribution >= 0.6 is 11.6 Å². The Morgan fingerprint density at radius 1 is 0.729 bits per heavy atom. The highest BCUT2D eigenvalue weighted by molar-refractivity contribution is 8.10. The smallest absolute Gasteiger partial charge is 0.309 e. The van der Waals surface area contributed by atoms with Gasteiger partial charge in [-0.25, -0.2) is 16.8 Å². The topological polar surface area (TPSA) is 112 Å². The summed E-state index contributed by atoms with van der Waals surface area (Å²) in [5.41, 5.74) is 0.222. The average molecular weight is 722 g/mol. The summed E-state index contributed by atoms with van der Waals surface area (Å²) in [7, 11) is -10.0. The predicted octanol–water partition coefficient (Wildman–Crippen LogP) is 6.32. The molecule has 0 bridgehead atoms. The molecule has 9 nitrogen and oxygen atoms in total. The van der Waals surface area contributed by atoms with Gasteiger partial charge in [-0.3, -0.25) is 9.59 Å². The standard InChI is InChI=1S/C33H31ClF3N3O6S2/c1-18-13-22-15-25(8-11-29(22)38(18)31(41)20-3-4-20)47(43,44)40(24-7-10-27(28(34)17-24)33(35,36)37)48(45,46)26-9-12-30-23(16-26)14-19(2)39(30)32(42)21-5-6-21/h7-12,15-21H,3-6,13-14H2,1-2H3/t18-,19-/m0/s1. The zero-order chi connectivity index (χ0) is 34.5. The first kappa shape index (κ1) is 32.9. The molecule has 2 aliphatic carbocycles. The second-order valence-electron chi connectivity index (χ2n) is 13.0. The summed E-state index contributed by atoms with van der Waals surface area (Å²) in [6.45, 7) is 3.67. The summed E-state index contributed by atoms with van der Waals surface area (Å²) in [6, 6.07) is 9.36. The highest BCUT2D eigenvalue weighted by Gasteiger charge is 2.44. The minimum absolute atomic E-state index is 0.0521. The van der Waals surface area contributed by atoms with Crippen molar-refractivity contribution in [3.63, 3.8) is 0 Å². The maximum absolute atomic E-state index is 14.4. The molecule has 4 aliphatic rings. The number of benzene rings is 3. The number of sulfonamides is 2. The number of fused-ring (bicyclic) bond motifs is 2. The van der Waals surface area contributed by atoms with Gasteiger partial charge in [0, 0.05) is 35.3 Å². The fourth-order valence-corrected chi connectivity index (χ4v) is 10.8. The number of amides is 2. The molecule has 48 heavy (non-hydrogen) atoms. The largest absolute Gasteiger partial charge is 0.417 e. The normalized spacial score (nSPS) is 20.9. The van der Waals surface area contributed by atoms with Gasteiger partial charge in [0.2, 0.25) is 11.8 Å². The molecule has 3 aromatic rings. The molecule has 15 heteroatoms. The quantitative estimate of drug-likeness (QED) is 0.283. The van der Waals surface area contributed by atoms with Crippen LogP contribution in [0.3, 0.4) is 0 Å². The molecule has 0 saturated heterocycles. The van der Waals surface area contributed by atoms with E-state index < -0.39 is 52.3 Å². The lowest BCUT2D eigenvalue weighted by molar-refractivity contribution is -0.137. The predicted molar refractivity (Wildman–Crippen MR) is 173 cm³/mol. The zero-order valence-electron chi connectivity index (χ0n) is 25.9. The van der Waals surface area contributed by atoms with E-state index in [0.29, 0.717) is 47.5 Å². The molecule has 0 unspecified atom stereocenters. The van der Waals surface area contributed by atoms with Crippen LogP contribution < -0.4 is 13.5 Å². The van der Waals surface area contributed by atoms with Gasteiger partial charge in [-0.1, -0.05) is 11.6 Å². The van der Waals surface area contributed by atoms with Crippen molar-refractivity contribution in [2.24, 2.45) is 11.8 Å². The van der Waals surface area contributed by atoms with E-state index in [2.05, 4.69) is 0 Å². The second kappa shape index (κ2) is 11.2. The van der Waals surface area contributed by atoms with E-state index in [9.17, 15) is 39.6 Å². The van der Waals surface area contributed by atoms with Crippen LogP contribution in [0.5, 0.6) is 0 Å². The molecule has 0 radical (unpaired) electrons. The number of nitrogens with zero attached hydrogens (tertiary/aromatic N) is 3. The van der Waals surface area contributed by atoms with E-state index in [1.807, 2.05) is 13.8 Å². The van der Waals surface area contributed by atoms with Crippen molar-refractivity contribution in [2.75, 3.05) is 13.5 Å². The van der Waals surface area contributed by atoms with E-state index in [1.54, 1.807) is 9.80 Å². The number of alkyl halides is 3. The Morgan fingerprint density at radius 2 is 1.17 bits per heavy atom. The van der Waals surface area contributed by atoms with Crippen molar-refractivity contribution < 1.29 is 39.6 Å². The molecule has 2 heterocycles. The molecule has 2 saturated carbocycles. The summed E-state index contributed by atoms with van der Waals surface area (Å²) >= 11 is 5.98. The average Bonchev–Trinajstić information content (AvgIpc) is 3.93. The maximum Gasteiger partial charge on any atom is 0.417 e. The third-order valence-electron chi connectivity index (χ3n) is 9.36. The van der Waals surface area contributed by atoms with Crippen molar-refractivity contribution in [3.05, 3.63) is 76.3 Å². The number of hydrogen-bond donors (Lipinski definition) is 0. The SMILES string of the molecule is C[C@H]1Cc2cc(S(=O)(=O)N(c3ccc(C(F)(F)F)c(Cl)c3)S(=O)(=O)c3ccc4c(c3)C[C@H](C)N4C(=O)C3CC3)ccc2N1C(=O)C1CC1. The zero-order valence-corrected chi connectivity index (χ0v) is 28.3. The van der Waals surface area contributed by atoms with Crippen LogP contribution in [0, 0.1) is 11.8 Å². The molecule has 2 aliphatic heterocycles. The summed E-state index contributed by atoms with van der Waals surface area (Å²) in [4.78, 5) is 28.4. The molecule has 254 valence electrons. The van der Waals surface area contributed by atoms with Gasteiger partial charge in [0.1, 0.15) is 0 Å².